The molecule has 2 aromatic carbocycles. The molecule has 7 nitrogen and oxygen atoms in total. The van der Waals surface area contributed by atoms with Crippen LogP contribution < -0.4 is 5.32 Å². The number of nitrogens with one attached hydrogen (secondary N) is 1. The molecule has 0 unspecified atom stereocenters. The summed E-state index contributed by atoms with van der Waals surface area (Å²) >= 11 is 0. The molecule has 1 saturated carbocycles. The summed E-state index contributed by atoms with van der Waals surface area (Å²) in [6, 6.07) is 11.1. The summed E-state index contributed by atoms with van der Waals surface area (Å²) in [5.74, 6) is -0.912. The second-order valence-electron chi connectivity index (χ2n) is 8.22. The van der Waals surface area contributed by atoms with E-state index in [1.807, 2.05) is 32.0 Å². The monoisotopic (exact) mass is 458 g/mol. The van der Waals surface area contributed by atoms with Gasteiger partial charge < -0.3 is 10.1 Å². The van der Waals surface area contributed by atoms with Crippen LogP contribution in [0.2, 0.25) is 0 Å². The third kappa shape index (κ3) is 5.55. The van der Waals surface area contributed by atoms with Crippen molar-refractivity contribution in [2.24, 2.45) is 0 Å². The van der Waals surface area contributed by atoms with Crippen molar-refractivity contribution < 1.29 is 22.7 Å². The summed E-state index contributed by atoms with van der Waals surface area (Å²) in [7, 11) is -2.66. The molecule has 1 amide bonds. The van der Waals surface area contributed by atoms with Crippen LogP contribution in [0.25, 0.3) is 0 Å². The summed E-state index contributed by atoms with van der Waals surface area (Å²) in [5, 5.41) is 2.87. The average Bonchev–Trinajstić information content (AvgIpc) is 2.80. The van der Waals surface area contributed by atoms with E-state index in [0.717, 1.165) is 43.2 Å². The number of methoxy groups -OCH3 is 1. The Morgan fingerprint density at radius 1 is 1.03 bits per heavy atom. The number of esters is 1. The van der Waals surface area contributed by atoms with E-state index in [4.69, 9.17) is 0 Å². The van der Waals surface area contributed by atoms with E-state index in [9.17, 15) is 18.0 Å². The molecule has 1 fully saturated rings. The minimum atomic E-state index is -3.94. The number of benzene rings is 2. The van der Waals surface area contributed by atoms with E-state index < -0.39 is 16.0 Å². The van der Waals surface area contributed by atoms with E-state index in [0.29, 0.717) is 5.69 Å². The fraction of sp³-hybridized carbons (Fsp3) is 0.417. The lowest BCUT2D eigenvalue weighted by Gasteiger charge is -2.33. The van der Waals surface area contributed by atoms with Crippen LogP contribution in [0.5, 0.6) is 0 Å². The summed E-state index contributed by atoms with van der Waals surface area (Å²) < 4.78 is 33.0. The molecule has 0 aliphatic heterocycles. The van der Waals surface area contributed by atoms with Gasteiger partial charge in [-0.3, -0.25) is 4.79 Å². The highest BCUT2D eigenvalue weighted by molar-refractivity contribution is 7.89. The lowest BCUT2D eigenvalue weighted by Crippen LogP contribution is -2.45. The number of nitrogens with zero attached hydrogens (tertiary/aromatic N) is 1. The maximum atomic E-state index is 13.5. The van der Waals surface area contributed by atoms with Crippen LogP contribution in [0.4, 0.5) is 5.69 Å². The van der Waals surface area contributed by atoms with E-state index >= 15 is 0 Å². The number of anilines is 1. The van der Waals surface area contributed by atoms with Gasteiger partial charge in [0.25, 0.3) is 0 Å². The van der Waals surface area contributed by atoms with Gasteiger partial charge >= 0.3 is 5.97 Å². The lowest BCUT2D eigenvalue weighted by atomic mass is 9.95. The maximum absolute atomic E-state index is 13.5. The molecule has 0 aromatic heterocycles. The van der Waals surface area contributed by atoms with Crippen LogP contribution >= 0.6 is 0 Å². The van der Waals surface area contributed by atoms with Gasteiger partial charge in [0.2, 0.25) is 15.9 Å². The van der Waals surface area contributed by atoms with Gasteiger partial charge in [-0.15, -0.1) is 0 Å². The van der Waals surface area contributed by atoms with Crippen molar-refractivity contribution in [2.75, 3.05) is 19.0 Å². The Balaban J connectivity index is 1.87. The third-order valence-corrected chi connectivity index (χ3v) is 7.74. The van der Waals surface area contributed by atoms with Crippen LogP contribution in [0.3, 0.4) is 0 Å². The number of amides is 1. The highest BCUT2D eigenvalue weighted by atomic mass is 32.2. The second kappa shape index (κ2) is 10.3. The summed E-state index contributed by atoms with van der Waals surface area (Å²) in [4.78, 5) is 24.7. The lowest BCUT2D eigenvalue weighted by molar-refractivity contribution is -0.116. The van der Waals surface area contributed by atoms with Crippen molar-refractivity contribution in [1.82, 2.24) is 4.31 Å². The first-order valence-corrected chi connectivity index (χ1v) is 12.2. The zero-order valence-corrected chi connectivity index (χ0v) is 19.6. The van der Waals surface area contributed by atoms with E-state index in [2.05, 4.69) is 10.1 Å². The molecule has 0 bridgehead atoms. The molecule has 2 aromatic rings. The normalized spacial score (nSPS) is 14.9. The van der Waals surface area contributed by atoms with Crippen molar-refractivity contribution in [3.8, 4) is 0 Å². The van der Waals surface area contributed by atoms with Crippen LogP contribution in [-0.4, -0.2) is 44.3 Å². The third-order valence-electron chi connectivity index (χ3n) is 5.83. The largest absolute Gasteiger partial charge is 0.465 e. The highest BCUT2D eigenvalue weighted by Crippen LogP contribution is 2.28. The molecular formula is C24H30N2O5S. The fourth-order valence-corrected chi connectivity index (χ4v) is 5.64. The first-order chi connectivity index (χ1) is 15.2. The second-order valence-corrected chi connectivity index (χ2v) is 10.1. The Morgan fingerprint density at radius 2 is 1.69 bits per heavy atom. The Kier molecular flexibility index (Phi) is 7.69. The smallest absolute Gasteiger partial charge is 0.337 e. The van der Waals surface area contributed by atoms with Crippen LogP contribution in [0.15, 0.2) is 47.4 Å². The summed E-state index contributed by atoms with van der Waals surface area (Å²) in [6.07, 6.45) is 4.35. The Labute approximate surface area is 189 Å². The van der Waals surface area contributed by atoms with E-state index in [-0.39, 0.29) is 29.0 Å². The number of carbonyl (C=O) groups excluding carboxylic acids is 2. The van der Waals surface area contributed by atoms with Gasteiger partial charge in [0.1, 0.15) is 0 Å². The number of hydrogen-bond donors (Lipinski definition) is 1. The first-order valence-electron chi connectivity index (χ1n) is 10.8. The minimum absolute atomic E-state index is 0.0512. The SMILES string of the molecule is COC(=O)c1ccc(S(=O)(=O)N(CC(=O)Nc2cc(C)ccc2C)C2CCCCC2)cc1. The number of sulfonamides is 1. The van der Waals surface area contributed by atoms with Gasteiger partial charge in [-0.2, -0.15) is 4.31 Å². The summed E-state index contributed by atoms with van der Waals surface area (Å²) in [6.45, 7) is 3.57. The Morgan fingerprint density at radius 3 is 2.31 bits per heavy atom. The number of carbonyl (C=O) groups is 2. The molecule has 8 heteroatoms. The van der Waals surface area contributed by atoms with Gasteiger partial charge in [0.05, 0.1) is 24.1 Å². The molecule has 0 spiro atoms. The van der Waals surface area contributed by atoms with Crippen LogP contribution in [-0.2, 0) is 19.6 Å². The zero-order valence-electron chi connectivity index (χ0n) is 18.8. The molecule has 0 saturated heterocycles. The molecule has 1 aliphatic rings. The van der Waals surface area contributed by atoms with Gasteiger partial charge in [-0.05, 0) is 68.1 Å². The standard InChI is InChI=1S/C24H30N2O5S/c1-17-9-10-18(2)22(15-17)25-23(27)16-26(20-7-5-4-6-8-20)32(29,30)21-13-11-19(12-14-21)24(28)31-3/h9-15,20H,4-8,16H2,1-3H3,(H,25,27). The van der Waals surface area contributed by atoms with Crippen molar-refractivity contribution in [2.45, 2.75) is 56.9 Å². The number of rotatable bonds is 7. The summed E-state index contributed by atoms with van der Waals surface area (Å²) in [5.41, 5.74) is 2.87. The van der Waals surface area contributed by atoms with Crippen LogP contribution in [0, 0.1) is 13.8 Å². The highest BCUT2D eigenvalue weighted by Gasteiger charge is 2.34. The molecule has 0 atom stereocenters. The maximum Gasteiger partial charge on any atom is 0.337 e. The molecule has 0 heterocycles. The Bertz CT molecular complexity index is 1070. The van der Waals surface area contributed by atoms with Gasteiger partial charge in [-0.1, -0.05) is 31.4 Å². The number of aryl methyl sites for hydroxylation is 2. The van der Waals surface area contributed by atoms with Crippen LogP contribution in [0.1, 0.15) is 53.6 Å². The van der Waals surface area contributed by atoms with E-state index in [1.165, 1.54) is 35.7 Å². The topological polar surface area (TPSA) is 92.8 Å². The predicted octanol–water partition coefficient (Wildman–Crippen LogP) is 4.05. The van der Waals surface area contributed by atoms with Crippen molar-refractivity contribution in [3.63, 3.8) is 0 Å². The molecule has 0 radical (unpaired) electrons. The van der Waals surface area contributed by atoms with Crippen molar-refractivity contribution in [3.05, 3.63) is 59.2 Å². The molecule has 32 heavy (non-hydrogen) atoms. The van der Waals surface area contributed by atoms with Crippen molar-refractivity contribution in [1.29, 1.82) is 0 Å². The number of hydrogen-bond acceptors (Lipinski definition) is 5. The fourth-order valence-electron chi connectivity index (χ4n) is 4.00. The van der Waals surface area contributed by atoms with Crippen molar-refractivity contribution >= 4 is 27.6 Å². The molecular weight excluding hydrogens is 428 g/mol. The molecule has 1 N–H and O–H groups in total. The minimum Gasteiger partial charge on any atom is -0.465 e. The first kappa shape index (κ1) is 23.9. The molecule has 3 rings (SSSR count). The number of ether oxygens (including phenoxy) is 1. The quantitative estimate of drug-likeness (QED) is 0.632. The molecule has 172 valence electrons. The average molecular weight is 459 g/mol. The molecule has 1 aliphatic carbocycles. The Hall–Kier alpha value is -2.71. The van der Waals surface area contributed by atoms with Gasteiger partial charge in [0, 0.05) is 11.7 Å². The van der Waals surface area contributed by atoms with Gasteiger partial charge in [0.15, 0.2) is 0 Å². The van der Waals surface area contributed by atoms with Gasteiger partial charge in [-0.25, -0.2) is 13.2 Å². The predicted molar refractivity (Wildman–Crippen MR) is 123 cm³/mol. The zero-order chi connectivity index (χ0) is 23.3. The van der Waals surface area contributed by atoms with E-state index in [1.54, 1.807) is 0 Å².